The number of rotatable bonds is 5. The van der Waals surface area contributed by atoms with E-state index in [-0.39, 0.29) is 17.6 Å². The number of imidazole rings is 1. The zero-order valence-corrected chi connectivity index (χ0v) is 13.2. The second-order valence-corrected chi connectivity index (χ2v) is 5.98. The lowest BCUT2D eigenvalue weighted by Crippen LogP contribution is -2.35. The van der Waals surface area contributed by atoms with Gasteiger partial charge in [0.1, 0.15) is 0 Å². The zero-order chi connectivity index (χ0) is 16.9. The van der Waals surface area contributed by atoms with Crippen molar-refractivity contribution in [2.75, 3.05) is 18.4 Å². The van der Waals surface area contributed by atoms with Crippen LogP contribution in [0.1, 0.15) is 29.0 Å². The van der Waals surface area contributed by atoms with Crippen LogP contribution in [0.4, 0.5) is 5.69 Å². The SMILES string of the molecule is O=C(Nc1cccc(CN2CCC(C(=O)O)CC2)c1)c1ncc[nH]1. The molecule has 1 aliphatic heterocycles. The summed E-state index contributed by atoms with van der Waals surface area (Å²) in [6.45, 7) is 2.30. The van der Waals surface area contributed by atoms with E-state index in [9.17, 15) is 9.59 Å². The van der Waals surface area contributed by atoms with Gasteiger partial charge in [-0.05, 0) is 43.6 Å². The Kier molecular flexibility index (Phi) is 4.90. The number of aliphatic carboxylic acids is 1. The van der Waals surface area contributed by atoms with Crippen LogP contribution in [0, 0.1) is 5.92 Å². The lowest BCUT2D eigenvalue weighted by molar-refractivity contribution is -0.143. The third kappa shape index (κ3) is 3.99. The largest absolute Gasteiger partial charge is 0.481 e. The maximum atomic E-state index is 12.0. The van der Waals surface area contributed by atoms with Gasteiger partial charge in [-0.15, -0.1) is 0 Å². The predicted molar refractivity (Wildman–Crippen MR) is 88.6 cm³/mol. The van der Waals surface area contributed by atoms with Crippen molar-refractivity contribution in [2.24, 2.45) is 5.92 Å². The number of carbonyl (C=O) groups excluding carboxylic acids is 1. The summed E-state index contributed by atoms with van der Waals surface area (Å²) in [5.41, 5.74) is 1.80. The van der Waals surface area contributed by atoms with E-state index in [1.807, 2.05) is 24.3 Å². The van der Waals surface area contributed by atoms with Crippen LogP contribution in [0.3, 0.4) is 0 Å². The summed E-state index contributed by atoms with van der Waals surface area (Å²) in [4.78, 5) is 31.9. The number of nitrogens with one attached hydrogen (secondary N) is 2. The van der Waals surface area contributed by atoms with E-state index < -0.39 is 5.97 Å². The molecule has 0 spiro atoms. The Hall–Kier alpha value is -2.67. The van der Waals surface area contributed by atoms with Gasteiger partial charge in [-0.2, -0.15) is 0 Å². The number of aromatic nitrogens is 2. The van der Waals surface area contributed by atoms with Gasteiger partial charge in [-0.1, -0.05) is 12.1 Å². The Bertz CT molecular complexity index is 706. The molecule has 2 heterocycles. The molecule has 1 aliphatic rings. The number of piperidine rings is 1. The van der Waals surface area contributed by atoms with Gasteiger partial charge in [0.15, 0.2) is 5.82 Å². The normalized spacial score (nSPS) is 16.0. The van der Waals surface area contributed by atoms with Crippen LogP contribution in [0.2, 0.25) is 0 Å². The molecule has 126 valence electrons. The highest BCUT2D eigenvalue weighted by atomic mass is 16.4. The molecule has 0 radical (unpaired) electrons. The molecule has 2 aromatic rings. The van der Waals surface area contributed by atoms with Gasteiger partial charge >= 0.3 is 5.97 Å². The van der Waals surface area contributed by atoms with E-state index in [2.05, 4.69) is 20.2 Å². The molecule has 1 saturated heterocycles. The zero-order valence-electron chi connectivity index (χ0n) is 13.2. The minimum Gasteiger partial charge on any atom is -0.481 e. The lowest BCUT2D eigenvalue weighted by Gasteiger charge is -2.30. The number of likely N-dealkylation sites (tertiary alicyclic amines) is 1. The first-order valence-corrected chi connectivity index (χ1v) is 7.96. The average molecular weight is 328 g/mol. The molecule has 1 aromatic heterocycles. The van der Waals surface area contributed by atoms with Crippen molar-refractivity contribution in [2.45, 2.75) is 19.4 Å². The number of H-pyrrole nitrogens is 1. The fraction of sp³-hybridized carbons (Fsp3) is 0.353. The summed E-state index contributed by atoms with van der Waals surface area (Å²) >= 11 is 0. The second kappa shape index (κ2) is 7.27. The molecular weight excluding hydrogens is 308 g/mol. The molecule has 0 atom stereocenters. The number of aromatic amines is 1. The maximum Gasteiger partial charge on any atom is 0.306 e. The number of hydrogen-bond donors (Lipinski definition) is 3. The molecule has 1 aromatic carbocycles. The van der Waals surface area contributed by atoms with Gasteiger partial charge in [0, 0.05) is 24.6 Å². The first-order chi connectivity index (χ1) is 11.6. The Morgan fingerprint density at radius 3 is 2.79 bits per heavy atom. The number of carboxylic acids is 1. The van der Waals surface area contributed by atoms with Crippen molar-refractivity contribution in [1.29, 1.82) is 0 Å². The van der Waals surface area contributed by atoms with E-state index in [4.69, 9.17) is 5.11 Å². The number of carboxylic acid groups (broad SMARTS) is 1. The minimum atomic E-state index is -0.697. The molecular formula is C17H20N4O3. The second-order valence-electron chi connectivity index (χ2n) is 5.98. The Morgan fingerprint density at radius 1 is 1.33 bits per heavy atom. The molecule has 3 N–H and O–H groups in total. The summed E-state index contributed by atoms with van der Waals surface area (Å²) in [6, 6.07) is 7.67. The highest BCUT2D eigenvalue weighted by molar-refractivity contribution is 6.01. The molecule has 1 fully saturated rings. The molecule has 1 amide bonds. The average Bonchev–Trinajstić information content (AvgIpc) is 3.10. The quantitative estimate of drug-likeness (QED) is 0.779. The van der Waals surface area contributed by atoms with E-state index >= 15 is 0 Å². The molecule has 0 saturated carbocycles. The Labute approximate surface area is 139 Å². The summed E-state index contributed by atoms with van der Waals surface area (Å²) in [5.74, 6) is -0.923. The van der Waals surface area contributed by atoms with Crippen LogP contribution in [0.25, 0.3) is 0 Å². The first kappa shape index (κ1) is 16.2. The van der Waals surface area contributed by atoms with Gasteiger partial charge < -0.3 is 15.4 Å². The summed E-state index contributed by atoms with van der Waals surface area (Å²) in [5, 5.41) is 11.9. The van der Waals surface area contributed by atoms with Gasteiger partial charge in [0.25, 0.3) is 5.91 Å². The van der Waals surface area contributed by atoms with Crippen molar-refractivity contribution in [1.82, 2.24) is 14.9 Å². The molecule has 24 heavy (non-hydrogen) atoms. The Balaban J connectivity index is 1.58. The number of benzene rings is 1. The summed E-state index contributed by atoms with van der Waals surface area (Å²) in [6.07, 6.45) is 4.51. The van der Waals surface area contributed by atoms with Crippen molar-refractivity contribution in [3.63, 3.8) is 0 Å². The third-order valence-electron chi connectivity index (χ3n) is 4.24. The van der Waals surface area contributed by atoms with Gasteiger partial charge in [0.05, 0.1) is 5.92 Å². The monoisotopic (exact) mass is 328 g/mol. The van der Waals surface area contributed by atoms with Crippen LogP contribution in [0.15, 0.2) is 36.7 Å². The summed E-state index contributed by atoms with van der Waals surface area (Å²) < 4.78 is 0. The fourth-order valence-electron chi connectivity index (χ4n) is 2.92. The Morgan fingerprint density at radius 2 is 2.12 bits per heavy atom. The van der Waals surface area contributed by atoms with E-state index in [1.165, 1.54) is 6.20 Å². The van der Waals surface area contributed by atoms with Crippen molar-refractivity contribution in [3.05, 3.63) is 48.0 Å². The smallest absolute Gasteiger partial charge is 0.306 e. The third-order valence-corrected chi connectivity index (χ3v) is 4.24. The fourth-order valence-corrected chi connectivity index (χ4v) is 2.92. The number of hydrogen-bond acceptors (Lipinski definition) is 4. The van der Waals surface area contributed by atoms with Gasteiger partial charge in [0.2, 0.25) is 0 Å². The van der Waals surface area contributed by atoms with E-state index in [1.54, 1.807) is 6.20 Å². The van der Waals surface area contributed by atoms with Crippen molar-refractivity contribution in [3.8, 4) is 0 Å². The molecule has 0 aliphatic carbocycles. The predicted octanol–water partition coefficient (Wildman–Crippen LogP) is 1.96. The molecule has 7 heteroatoms. The number of anilines is 1. The topological polar surface area (TPSA) is 98.3 Å². The van der Waals surface area contributed by atoms with E-state index in [0.29, 0.717) is 18.5 Å². The van der Waals surface area contributed by atoms with E-state index in [0.717, 1.165) is 25.2 Å². The first-order valence-electron chi connectivity index (χ1n) is 7.96. The highest BCUT2D eigenvalue weighted by Gasteiger charge is 2.24. The molecule has 0 unspecified atom stereocenters. The van der Waals surface area contributed by atoms with Crippen LogP contribution < -0.4 is 5.32 Å². The van der Waals surface area contributed by atoms with Crippen LogP contribution in [-0.2, 0) is 11.3 Å². The minimum absolute atomic E-state index is 0.222. The number of amides is 1. The standard InChI is InChI=1S/C17H20N4O3/c22-16(15-18-6-7-19-15)20-14-3-1-2-12(10-14)11-21-8-4-13(5-9-21)17(23)24/h1-3,6-7,10,13H,4-5,8-9,11H2,(H,18,19)(H,20,22)(H,23,24). The lowest BCUT2D eigenvalue weighted by atomic mass is 9.97. The molecule has 3 rings (SSSR count). The molecule has 0 bridgehead atoms. The van der Waals surface area contributed by atoms with Crippen LogP contribution in [0.5, 0.6) is 0 Å². The van der Waals surface area contributed by atoms with Gasteiger partial charge in [-0.25, -0.2) is 4.98 Å². The van der Waals surface area contributed by atoms with Crippen molar-refractivity contribution < 1.29 is 14.7 Å². The van der Waals surface area contributed by atoms with Gasteiger partial charge in [-0.3, -0.25) is 14.5 Å². The molecule has 7 nitrogen and oxygen atoms in total. The van der Waals surface area contributed by atoms with Crippen molar-refractivity contribution >= 4 is 17.6 Å². The number of nitrogens with zero attached hydrogens (tertiary/aromatic N) is 2. The maximum absolute atomic E-state index is 12.0. The van der Waals surface area contributed by atoms with Crippen LogP contribution in [-0.4, -0.2) is 44.9 Å². The van der Waals surface area contributed by atoms with Crippen LogP contribution >= 0.6 is 0 Å². The number of carbonyl (C=O) groups is 2. The highest BCUT2D eigenvalue weighted by Crippen LogP contribution is 2.20. The summed E-state index contributed by atoms with van der Waals surface area (Å²) in [7, 11) is 0.